The molecule has 0 saturated heterocycles. The van der Waals surface area contributed by atoms with Crippen LogP contribution in [0.1, 0.15) is 34.2 Å². The van der Waals surface area contributed by atoms with Crippen molar-refractivity contribution < 1.29 is 9.90 Å². The predicted octanol–water partition coefficient (Wildman–Crippen LogP) is 1.92. The number of rotatable bonds is 4. The molecule has 2 N–H and O–H groups in total. The molecular weight excluding hydrogens is 214 g/mol. The van der Waals surface area contributed by atoms with Gasteiger partial charge in [-0.2, -0.15) is 0 Å². The molecule has 0 aliphatic rings. The van der Waals surface area contributed by atoms with Crippen molar-refractivity contribution >= 4 is 5.91 Å². The van der Waals surface area contributed by atoms with E-state index in [0.29, 0.717) is 6.54 Å². The van der Waals surface area contributed by atoms with Crippen LogP contribution in [0, 0.1) is 27.7 Å². The molecule has 1 amide bonds. The predicted molar refractivity (Wildman–Crippen MR) is 68.9 cm³/mol. The van der Waals surface area contributed by atoms with E-state index in [-0.39, 0.29) is 18.9 Å². The molecule has 0 heterocycles. The number of hydrogen-bond donors (Lipinski definition) is 2. The molecule has 1 aromatic rings. The summed E-state index contributed by atoms with van der Waals surface area (Å²) in [4.78, 5) is 11.3. The van der Waals surface area contributed by atoms with E-state index in [1.54, 1.807) is 0 Å². The monoisotopic (exact) mass is 235 g/mol. The van der Waals surface area contributed by atoms with Crippen LogP contribution in [0.15, 0.2) is 6.07 Å². The third-order valence-electron chi connectivity index (χ3n) is 3.32. The number of aliphatic hydroxyl groups is 1. The Bertz CT molecular complexity index is 398. The molecule has 0 fully saturated rings. The van der Waals surface area contributed by atoms with E-state index in [9.17, 15) is 4.79 Å². The molecule has 0 bridgehead atoms. The van der Waals surface area contributed by atoms with E-state index in [0.717, 1.165) is 0 Å². The lowest BCUT2D eigenvalue weighted by molar-refractivity contribution is -0.121. The third-order valence-corrected chi connectivity index (χ3v) is 3.32. The van der Waals surface area contributed by atoms with Crippen LogP contribution in [0.4, 0.5) is 0 Å². The van der Waals surface area contributed by atoms with Crippen molar-refractivity contribution in [2.75, 3.05) is 6.61 Å². The molecule has 17 heavy (non-hydrogen) atoms. The van der Waals surface area contributed by atoms with Gasteiger partial charge in [-0.3, -0.25) is 4.79 Å². The van der Waals surface area contributed by atoms with Crippen LogP contribution in [-0.2, 0) is 11.3 Å². The second-order valence-corrected chi connectivity index (χ2v) is 4.49. The zero-order valence-corrected chi connectivity index (χ0v) is 11.1. The lowest BCUT2D eigenvalue weighted by atomic mass is 9.94. The van der Waals surface area contributed by atoms with Gasteiger partial charge < -0.3 is 10.4 Å². The Morgan fingerprint density at radius 1 is 1.18 bits per heavy atom. The number of benzene rings is 1. The van der Waals surface area contributed by atoms with E-state index in [1.165, 1.54) is 27.8 Å². The van der Waals surface area contributed by atoms with Crippen LogP contribution in [0.25, 0.3) is 0 Å². The summed E-state index contributed by atoms with van der Waals surface area (Å²) in [5, 5.41) is 11.5. The van der Waals surface area contributed by atoms with E-state index in [4.69, 9.17) is 5.11 Å². The lowest BCUT2D eigenvalue weighted by Gasteiger charge is -2.15. The standard InChI is InChI=1S/C14H21NO2/c1-9-7-10(2)12(4)13(11(9)3)8-15-14(17)5-6-16/h7,16H,5-6,8H2,1-4H3,(H,15,17). The van der Waals surface area contributed by atoms with Gasteiger partial charge in [0.25, 0.3) is 0 Å². The molecule has 0 atom stereocenters. The van der Waals surface area contributed by atoms with Gasteiger partial charge in [-0.05, 0) is 55.5 Å². The molecule has 0 unspecified atom stereocenters. The average Bonchev–Trinajstić information content (AvgIpc) is 2.27. The Morgan fingerprint density at radius 3 is 2.18 bits per heavy atom. The normalized spacial score (nSPS) is 10.4. The van der Waals surface area contributed by atoms with Gasteiger partial charge >= 0.3 is 0 Å². The molecule has 1 aromatic carbocycles. The summed E-state index contributed by atoms with van der Waals surface area (Å²) in [7, 11) is 0. The summed E-state index contributed by atoms with van der Waals surface area (Å²) in [5.74, 6) is -0.106. The Kier molecular flexibility index (Phi) is 4.70. The number of amides is 1. The van der Waals surface area contributed by atoms with Crippen molar-refractivity contribution in [1.82, 2.24) is 5.32 Å². The summed E-state index contributed by atoms with van der Waals surface area (Å²) >= 11 is 0. The van der Waals surface area contributed by atoms with Crippen LogP contribution in [0.5, 0.6) is 0 Å². The van der Waals surface area contributed by atoms with Crippen LogP contribution in [-0.4, -0.2) is 17.6 Å². The Balaban J connectivity index is 2.87. The van der Waals surface area contributed by atoms with Gasteiger partial charge in [0.2, 0.25) is 5.91 Å². The quantitative estimate of drug-likeness (QED) is 0.837. The maximum Gasteiger partial charge on any atom is 0.222 e. The SMILES string of the molecule is Cc1cc(C)c(C)c(CNC(=O)CCO)c1C. The van der Waals surface area contributed by atoms with Crippen LogP contribution >= 0.6 is 0 Å². The van der Waals surface area contributed by atoms with Crippen molar-refractivity contribution in [3.63, 3.8) is 0 Å². The largest absolute Gasteiger partial charge is 0.396 e. The molecule has 3 heteroatoms. The molecule has 0 aromatic heterocycles. The first-order valence-corrected chi connectivity index (χ1v) is 5.91. The molecule has 0 saturated carbocycles. The summed E-state index contributed by atoms with van der Waals surface area (Å²) < 4.78 is 0. The molecule has 1 rings (SSSR count). The zero-order chi connectivity index (χ0) is 13.0. The Labute approximate surface area is 103 Å². The fourth-order valence-corrected chi connectivity index (χ4v) is 1.94. The number of carbonyl (C=O) groups excluding carboxylic acids is 1. The second-order valence-electron chi connectivity index (χ2n) is 4.49. The van der Waals surface area contributed by atoms with Gasteiger partial charge in [0.1, 0.15) is 0 Å². The third kappa shape index (κ3) is 3.30. The van der Waals surface area contributed by atoms with Gasteiger partial charge in [0.05, 0.1) is 6.61 Å². The van der Waals surface area contributed by atoms with Gasteiger partial charge in [-0.1, -0.05) is 6.07 Å². The second kappa shape index (κ2) is 5.82. The maximum absolute atomic E-state index is 11.3. The summed E-state index contributed by atoms with van der Waals surface area (Å²) in [6.45, 7) is 8.77. The van der Waals surface area contributed by atoms with Crippen molar-refractivity contribution in [1.29, 1.82) is 0 Å². The fraction of sp³-hybridized carbons (Fsp3) is 0.500. The van der Waals surface area contributed by atoms with Gasteiger partial charge in [0.15, 0.2) is 0 Å². The molecule has 0 aliphatic heterocycles. The van der Waals surface area contributed by atoms with Crippen LogP contribution < -0.4 is 5.32 Å². The fourth-order valence-electron chi connectivity index (χ4n) is 1.94. The highest BCUT2D eigenvalue weighted by molar-refractivity contribution is 5.76. The minimum Gasteiger partial charge on any atom is -0.396 e. The van der Waals surface area contributed by atoms with Gasteiger partial charge in [-0.25, -0.2) is 0 Å². The number of nitrogens with one attached hydrogen (secondary N) is 1. The van der Waals surface area contributed by atoms with E-state index < -0.39 is 0 Å². The van der Waals surface area contributed by atoms with Crippen molar-refractivity contribution in [3.8, 4) is 0 Å². The molecular formula is C14H21NO2. The number of aliphatic hydroxyl groups excluding tert-OH is 1. The first-order chi connectivity index (χ1) is 7.97. The smallest absolute Gasteiger partial charge is 0.222 e. The molecule has 0 aliphatic carbocycles. The van der Waals surface area contributed by atoms with E-state index >= 15 is 0 Å². The topological polar surface area (TPSA) is 49.3 Å². The van der Waals surface area contributed by atoms with Crippen molar-refractivity contribution in [2.45, 2.75) is 40.7 Å². The highest BCUT2D eigenvalue weighted by atomic mass is 16.3. The minimum absolute atomic E-state index is 0.101. The zero-order valence-electron chi connectivity index (χ0n) is 11.1. The lowest BCUT2D eigenvalue weighted by Crippen LogP contribution is -2.24. The van der Waals surface area contributed by atoms with E-state index in [1.807, 2.05) is 0 Å². The molecule has 3 nitrogen and oxygen atoms in total. The summed E-state index contributed by atoms with van der Waals surface area (Å²) in [5.41, 5.74) is 6.16. The highest BCUT2D eigenvalue weighted by Gasteiger charge is 2.09. The van der Waals surface area contributed by atoms with Gasteiger partial charge in [-0.15, -0.1) is 0 Å². The van der Waals surface area contributed by atoms with Crippen LogP contribution in [0.3, 0.4) is 0 Å². The van der Waals surface area contributed by atoms with E-state index in [2.05, 4.69) is 39.1 Å². The average molecular weight is 235 g/mol. The maximum atomic E-state index is 11.3. The van der Waals surface area contributed by atoms with Crippen molar-refractivity contribution in [2.24, 2.45) is 0 Å². The summed E-state index contributed by atoms with van der Waals surface area (Å²) in [6.07, 6.45) is 0.170. The highest BCUT2D eigenvalue weighted by Crippen LogP contribution is 2.21. The Morgan fingerprint density at radius 2 is 1.71 bits per heavy atom. The minimum atomic E-state index is -0.106. The molecule has 94 valence electrons. The Hall–Kier alpha value is -1.35. The molecule has 0 spiro atoms. The number of hydrogen-bond acceptors (Lipinski definition) is 2. The van der Waals surface area contributed by atoms with Crippen LogP contribution in [0.2, 0.25) is 0 Å². The van der Waals surface area contributed by atoms with Gasteiger partial charge in [0, 0.05) is 13.0 Å². The summed E-state index contributed by atoms with van der Waals surface area (Å²) in [6, 6.07) is 2.17. The molecule has 0 radical (unpaired) electrons. The number of aryl methyl sites for hydroxylation is 2. The van der Waals surface area contributed by atoms with Crippen molar-refractivity contribution in [3.05, 3.63) is 33.9 Å². The number of carbonyl (C=O) groups is 1. The first-order valence-electron chi connectivity index (χ1n) is 5.91. The first kappa shape index (κ1) is 13.7.